The summed E-state index contributed by atoms with van der Waals surface area (Å²) in [6, 6.07) is 12.7. The molecule has 162 valence electrons. The number of rotatable bonds is 7. The summed E-state index contributed by atoms with van der Waals surface area (Å²) in [6.45, 7) is 2.83. The Morgan fingerprint density at radius 2 is 1.83 bits per heavy atom. The highest BCUT2D eigenvalue weighted by molar-refractivity contribution is 7.92. The van der Waals surface area contributed by atoms with Gasteiger partial charge in [0.05, 0.1) is 10.6 Å². The van der Waals surface area contributed by atoms with Crippen LogP contribution in [-0.2, 0) is 10.0 Å². The Kier molecular flexibility index (Phi) is 7.39. The normalized spacial score (nSPS) is 15.7. The molecular weight excluding hydrogens is 422 g/mol. The predicted octanol–water partition coefficient (Wildman–Crippen LogP) is 3.63. The number of anilines is 1. The molecule has 1 amide bonds. The van der Waals surface area contributed by atoms with E-state index in [-0.39, 0.29) is 10.8 Å². The molecule has 0 bridgehead atoms. The largest absolute Gasteiger partial charge is 0.352 e. The summed E-state index contributed by atoms with van der Waals surface area (Å²) in [7, 11) is -0.141. The molecule has 0 aromatic heterocycles. The van der Waals surface area contributed by atoms with Crippen LogP contribution in [0.15, 0.2) is 53.4 Å². The lowest BCUT2D eigenvalue weighted by Gasteiger charge is -2.28. The van der Waals surface area contributed by atoms with Crippen molar-refractivity contribution in [2.75, 3.05) is 38.0 Å². The van der Waals surface area contributed by atoms with Gasteiger partial charge in [-0.25, -0.2) is 8.42 Å². The molecule has 0 aliphatic carbocycles. The number of nitrogens with one attached hydrogen (secondary N) is 1. The number of halogens is 1. The lowest BCUT2D eigenvalue weighted by atomic mass is 9.94. The van der Waals surface area contributed by atoms with Crippen molar-refractivity contribution < 1.29 is 13.2 Å². The van der Waals surface area contributed by atoms with Crippen molar-refractivity contribution in [2.45, 2.75) is 24.2 Å². The number of hydrogen-bond donors (Lipinski definition) is 1. The summed E-state index contributed by atoms with van der Waals surface area (Å²) in [4.78, 5) is 15.0. The summed E-state index contributed by atoms with van der Waals surface area (Å²) in [5.74, 6) is 0.450. The van der Waals surface area contributed by atoms with Crippen LogP contribution in [0.25, 0.3) is 0 Å². The lowest BCUT2D eigenvalue weighted by molar-refractivity contribution is 0.0949. The van der Waals surface area contributed by atoms with Gasteiger partial charge in [-0.05, 0) is 87.8 Å². The second kappa shape index (κ2) is 9.81. The Balaban J connectivity index is 1.63. The molecule has 0 spiro atoms. The van der Waals surface area contributed by atoms with Gasteiger partial charge in [0.1, 0.15) is 0 Å². The van der Waals surface area contributed by atoms with Crippen LogP contribution in [0.2, 0.25) is 5.02 Å². The second-order valence-electron chi connectivity index (χ2n) is 7.77. The van der Waals surface area contributed by atoms with Crippen LogP contribution in [0.1, 0.15) is 29.6 Å². The van der Waals surface area contributed by atoms with E-state index in [1.165, 1.54) is 35.6 Å². The number of benzene rings is 2. The summed E-state index contributed by atoms with van der Waals surface area (Å²) >= 11 is 5.86. The standard InChI is InChI=1S/C22H28ClN3O3S/c1-25-14-11-17(12-15-25)10-13-24-22(27)18-4-3-5-20(16-18)26(2)30(28,29)21-8-6-19(23)7-9-21/h3-9,16-17H,10-15H2,1-2H3,(H,24,27). The lowest BCUT2D eigenvalue weighted by Crippen LogP contribution is -2.32. The Hall–Kier alpha value is -2.09. The van der Waals surface area contributed by atoms with Gasteiger partial charge in [-0.1, -0.05) is 17.7 Å². The highest BCUT2D eigenvalue weighted by atomic mass is 35.5. The predicted molar refractivity (Wildman–Crippen MR) is 121 cm³/mol. The number of likely N-dealkylation sites (tertiary alicyclic amines) is 1. The van der Waals surface area contributed by atoms with Gasteiger partial charge in [-0.15, -0.1) is 0 Å². The molecule has 1 fully saturated rings. The number of nitrogens with zero attached hydrogens (tertiary/aromatic N) is 2. The SMILES string of the molecule is CN1CCC(CCNC(=O)c2cccc(N(C)S(=O)(=O)c3ccc(Cl)cc3)c2)CC1. The molecule has 0 radical (unpaired) electrons. The molecule has 30 heavy (non-hydrogen) atoms. The molecule has 1 heterocycles. The Morgan fingerprint density at radius 3 is 2.50 bits per heavy atom. The van der Waals surface area contributed by atoms with Crippen molar-refractivity contribution >= 4 is 33.2 Å². The monoisotopic (exact) mass is 449 g/mol. The molecule has 2 aromatic carbocycles. The molecule has 0 saturated carbocycles. The minimum Gasteiger partial charge on any atom is -0.352 e. The average molecular weight is 450 g/mol. The fraction of sp³-hybridized carbons (Fsp3) is 0.409. The summed E-state index contributed by atoms with van der Waals surface area (Å²) in [5, 5.41) is 3.43. The van der Waals surface area contributed by atoms with E-state index in [4.69, 9.17) is 11.6 Å². The van der Waals surface area contributed by atoms with Crippen LogP contribution in [0.3, 0.4) is 0 Å². The van der Waals surface area contributed by atoms with Crippen molar-refractivity contribution in [3.05, 3.63) is 59.1 Å². The van der Waals surface area contributed by atoms with E-state index in [9.17, 15) is 13.2 Å². The van der Waals surface area contributed by atoms with E-state index in [0.717, 1.165) is 32.4 Å². The first kappa shape index (κ1) is 22.6. The Labute approximate surface area is 183 Å². The first-order valence-electron chi connectivity index (χ1n) is 10.1. The maximum absolute atomic E-state index is 12.9. The summed E-state index contributed by atoms with van der Waals surface area (Å²) in [6.07, 6.45) is 3.29. The van der Waals surface area contributed by atoms with Gasteiger partial charge in [-0.2, -0.15) is 0 Å². The van der Waals surface area contributed by atoms with Crippen LogP contribution in [0.4, 0.5) is 5.69 Å². The third-order valence-electron chi connectivity index (χ3n) is 5.62. The van der Waals surface area contributed by atoms with Crippen molar-refractivity contribution in [1.29, 1.82) is 0 Å². The topological polar surface area (TPSA) is 69.7 Å². The molecule has 1 aliphatic rings. The zero-order valence-corrected chi connectivity index (χ0v) is 18.9. The quantitative estimate of drug-likeness (QED) is 0.700. The molecule has 3 rings (SSSR count). The Bertz CT molecular complexity index is 971. The van der Waals surface area contributed by atoms with Crippen LogP contribution >= 0.6 is 11.6 Å². The molecule has 0 unspecified atom stereocenters. The van der Waals surface area contributed by atoms with Gasteiger partial charge in [0, 0.05) is 24.2 Å². The van der Waals surface area contributed by atoms with Gasteiger partial charge in [0.2, 0.25) is 0 Å². The molecule has 1 saturated heterocycles. The molecule has 1 N–H and O–H groups in total. The Morgan fingerprint density at radius 1 is 1.17 bits per heavy atom. The van der Waals surface area contributed by atoms with Crippen LogP contribution in [0, 0.1) is 5.92 Å². The number of sulfonamides is 1. The second-order valence-corrected chi connectivity index (χ2v) is 10.2. The first-order valence-corrected chi connectivity index (χ1v) is 11.9. The third-order valence-corrected chi connectivity index (χ3v) is 7.67. The van der Waals surface area contributed by atoms with E-state index in [1.807, 2.05) is 0 Å². The van der Waals surface area contributed by atoms with Gasteiger partial charge in [-0.3, -0.25) is 9.10 Å². The van der Waals surface area contributed by atoms with Crippen molar-refractivity contribution in [3.8, 4) is 0 Å². The van der Waals surface area contributed by atoms with E-state index >= 15 is 0 Å². The smallest absolute Gasteiger partial charge is 0.264 e. The van der Waals surface area contributed by atoms with Crippen LogP contribution in [-0.4, -0.2) is 53.0 Å². The number of piperidine rings is 1. The average Bonchev–Trinajstić information content (AvgIpc) is 2.75. The molecule has 0 atom stereocenters. The first-order chi connectivity index (χ1) is 14.3. The summed E-state index contributed by atoms with van der Waals surface area (Å²) < 4.78 is 26.9. The van der Waals surface area contributed by atoms with E-state index in [2.05, 4.69) is 17.3 Å². The third kappa shape index (κ3) is 5.53. The number of carbonyl (C=O) groups excluding carboxylic acids is 1. The van der Waals surface area contributed by atoms with E-state index in [0.29, 0.717) is 28.7 Å². The fourth-order valence-electron chi connectivity index (χ4n) is 3.59. The highest BCUT2D eigenvalue weighted by Crippen LogP contribution is 2.24. The van der Waals surface area contributed by atoms with Crippen molar-refractivity contribution in [1.82, 2.24) is 10.2 Å². The van der Waals surface area contributed by atoms with E-state index in [1.54, 1.807) is 24.3 Å². The zero-order chi connectivity index (χ0) is 21.7. The van der Waals surface area contributed by atoms with Gasteiger partial charge in [0.15, 0.2) is 0 Å². The minimum absolute atomic E-state index is 0.141. The van der Waals surface area contributed by atoms with Crippen LogP contribution in [0.5, 0.6) is 0 Å². The van der Waals surface area contributed by atoms with Gasteiger partial charge in [0.25, 0.3) is 15.9 Å². The molecule has 6 nitrogen and oxygen atoms in total. The van der Waals surface area contributed by atoms with Crippen molar-refractivity contribution in [2.24, 2.45) is 5.92 Å². The maximum atomic E-state index is 12.9. The van der Waals surface area contributed by atoms with E-state index < -0.39 is 10.0 Å². The highest BCUT2D eigenvalue weighted by Gasteiger charge is 2.22. The van der Waals surface area contributed by atoms with Gasteiger partial charge < -0.3 is 10.2 Å². The molecule has 8 heteroatoms. The molecular formula is C22H28ClN3O3S. The minimum atomic E-state index is -3.75. The fourth-order valence-corrected chi connectivity index (χ4v) is 4.90. The van der Waals surface area contributed by atoms with Crippen LogP contribution < -0.4 is 9.62 Å². The molecule has 1 aliphatic heterocycles. The zero-order valence-electron chi connectivity index (χ0n) is 17.3. The maximum Gasteiger partial charge on any atom is 0.264 e. The van der Waals surface area contributed by atoms with Gasteiger partial charge >= 0.3 is 0 Å². The number of hydrogen-bond acceptors (Lipinski definition) is 4. The number of amides is 1. The summed E-state index contributed by atoms with van der Waals surface area (Å²) in [5.41, 5.74) is 0.863. The molecule has 2 aromatic rings. The number of carbonyl (C=O) groups is 1. The van der Waals surface area contributed by atoms with Crippen molar-refractivity contribution in [3.63, 3.8) is 0 Å².